The van der Waals surface area contributed by atoms with Crippen molar-refractivity contribution in [1.29, 1.82) is 0 Å². The van der Waals surface area contributed by atoms with Crippen molar-refractivity contribution in [3.63, 3.8) is 0 Å². The summed E-state index contributed by atoms with van der Waals surface area (Å²) in [5.74, 6) is 0. The molecule has 0 aliphatic heterocycles. The lowest BCUT2D eigenvalue weighted by molar-refractivity contribution is 0.159. The van der Waals surface area contributed by atoms with Gasteiger partial charge < -0.3 is 9.74 Å². The summed E-state index contributed by atoms with van der Waals surface area (Å²) in [6.07, 6.45) is 0. The van der Waals surface area contributed by atoms with Gasteiger partial charge in [-0.3, -0.25) is 0 Å². The van der Waals surface area contributed by atoms with Gasteiger partial charge in [0.2, 0.25) is 0 Å². The molecule has 0 amide bonds. The van der Waals surface area contributed by atoms with Gasteiger partial charge in [0, 0.05) is 19.2 Å². The molecule has 104 valence electrons. The van der Waals surface area contributed by atoms with Gasteiger partial charge in [-0.1, -0.05) is 48.5 Å². The largest absolute Gasteiger partial charge is 0.416 e. The van der Waals surface area contributed by atoms with Gasteiger partial charge in [0.05, 0.1) is 0 Å². The van der Waals surface area contributed by atoms with Crippen LogP contribution in [0.4, 0.5) is 0 Å². The molecule has 0 rings (SSSR count). The van der Waals surface area contributed by atoms with Gasteiger partial charge in [-0.2, -0.15) is 0 Å². The van der Waals surface area contributed by atoms with Gasteiger partial charge in [0.1, 0.15) is 0 Å². The van der Waals surface area contributed by atoms with Crippen molar-refractivity contribution in [3.8, 4) is 0 Å². The summed E-state index contributed by atoms with van der Waals surface area (Å²) in [6, 6.07) is 0.544. The second-order valence-electron chi connectivity index (χ2n) is 7.75. The maximum atomic E-state index is 6.29. The van der Waals surface area contributed by atoms with Crippen LogP contribution in [0.3, 0.4) is 0 Å². The van der Waals surface area contributed by atoms with Gasteiger partial charge in [0.25, 0.3) is 0 Å². The Balaban J connectivity index is 4.26. The Labute approximate surface area is 110 Å². The normalized spacial score (nSPS) is 14.5. The smallest absolute Gasteiger partial charge is 0.192 e. The maximum Gasteiger partial charge on any atom is 0.192 e. The lowest BCUT2D eigenvalue weighted by atomic mass is 9.95. The molecular formula is C14H33NOSi. The van der Waals surface area contributed by atoms with Gasteiger partial charge >= 0.3 is 0 Å². The van der Waals surface area contributed by atoms with E-state index in [0.717, 1.165) is 13.2 Å². The third-order valence-electron chi connectivity index (χ3n) is 3.62. The highest BCUT2D eigenvalue weighted by molar-refractivity contribution is 6.74. The SMILES string of the molecule is CC(C)NCC(C)(C)CO[Si](C)(C)C(C)(C)C. The minimum Gasteiger partial charge on any atom is -0.416 e. The van der Waals surface area contributed by atoms with Crippen molar-refractivity contribution < 1.29 is 4.43 Å². The second kappa shape index (κ2) is 5.85. The fourth-order valence-corrected chi connectivity index (χ4v) is 2.31. The van der Waals surface area contributed by atoms with E-state index in [9.17, 15) is 0 Å². The molecule has 0 saturated heterocycles. The molecule has 0 fully saturated rings. The summed E-state index contributed by atoms with van der Waals surface area (Å²) in [7, 11) is -1.60. The average molecular weight is 260 g/mol. The first-order chi connectivity index (χ1) is 7.37. The molecule has 1 N–H and O–H groups in total. The van der Waals surface area contributed by atoms with E-state index in [-0.39, 0.29) is 5.41 Å². The molecule has 0 saturated carbocycles. The molecule has 2 nitrogen and oxygen atoms in total. The molecule has 0 radical (unpaired) electrons. The van der Waals surface area contributed by atoms with E-state index < -0.39 is 8.32 Å². The van der Waals surface area contributed by atoms with Gasteiger partial charge in [-0.25, -0.2) is 0 Å². The molecule has 0 aliphatic rings. The van der Waals surface area contributed by atoms with Crippen LogP contribution in [-0.2, 0) is 4.43 Å². The summed E-state index contributed by atoms with van der Waals surface area (Å²) in [6.45, 7) is 22.3. The number of hydrogen-bond acceptors (Lipinski definition) is 2. The molecule has 0 heterocycles. The zero-order chi connectivity index (χ0) is 13.9. The summed E-state index contributed by atoms with van der Waals surface area (Å²) in [5.41, 5.74) is 0.208. The van der Waals surface area contributed by atoms with E-state index in [1.165, 1.54) is 0 Å². The number of hydrogen-bond donors (Lipinski definition) is 1. The highest BCUT2D eigenvalue weighted by Gasteiger charge is 2.38. The second-order valence-corrected chi connectivity index (χ2v) is 12.6. The number of rotatable bonds is 6. The first kappa shape index (κ1) is 17.1. The molecule has 0 unspecified atom stereocenters. The van der Waals surface area contributed by atoms with Crippen LogP contribution in [0.2, 0.25) is 18.1 Å². The average Bonchev–Trinajstić information content (AvgIpc) is 2.11. The third kappa shape index (κ3) is 6.58. The van der Waals surface area contributed by atoms with Crippen molar-refractivity contribution in [2.45, 2.75) is 72.6 Å². The molecule has 0 spiro atoms. The Kier molecular flexibility index (Phi) is 5.90. The molecular weight excluding hydrogens is 226 g/mol. The van der Waals surface area contributed by atoms with Crippen molar-refractivity contribution in [2.75, 3.05) is 13.2 Å². The van der Waals surface area contributed by atoms with Crippen LogP contribution >= 0.6 is 0 Å². The van der Waals surface area contributed by atoms with Crippen LogP contribution in [0.1, 0.15) is 48.5 Å². The molecule has 0 atom stereocenters. The minimum atomic E-state index is -1.60. The summed E-state index contributed by atoms with van der Waals surface area (Å²) in [5, 5.41) is 3.80. The molecule has 0 aliphatic carbocycles. The highest BCUT2D eigenvalue weighted by Crippen LogP contribution is 2.37. The van der Waals surface area contributed by atoms with E-state index in [0.29, 0.717) is 11.1 Å². The first-order valence-corrected chi connectivity index (χ1v) is 9.66. The molecule has 17 heavy (non-hydrogen) atoms. The Morgan fingerprint density at radius 1 is 1.06 bits per heavy atom. The zero-order valence-electron chi connectivity index (χ0n) is 13.4. The zero-order valence-corrected chi connectivity index (χ0v) is 14.4. The van der Waals surface area contributed by atoms with Crippen molar-refractivity contribution in [2.24, 2.45) is 5.41 Å². The van der Waals surface area contributed by atoms with Gasteiger partial charge in [-0.15, -0.1) is 0 Å². The van der Waals surface area contributed by atoms with E-state index >= 15 is 0 Å². The lowest BCUT2D eigenvalue weighted by Crippen LogP contribution is -2.45. The van der Waals surface area contributed by atoms with Crippen molar-refractivity contribution in [1.82, 2.24) is 5.32 Å². The van der Waals surface area contributed by atoms with Gasteiger partial charge in [-0.05, 0) is 23.5 Å². The third-order valence-corrected chi connectivity index (χ3v) is 8.10. The van der Waals surface area contributed by atoms with Crippen LogP contribution in [0.15, 0.2) is 0 Å². The monoisotopic (exact) mass is 259 g/mol. The van der Waals surface area contributed by atoms with E-state index in [1.807, 2.05) is 0 Å². The van der Waals surface area contributed by atoms with E-state index in [1.54, 1.807) is 0 Å². The van der Waals surface area contributed by atoms with Crippen LogP contribution in [0.5, 0.6) is 0 Å². The molecule has 0 aromatic carbocycles. The molecule has 3 heteroatoms. The van der Waals surface area contributed by atoms with Crippen LogP contribution in [-0.4, -0.2) is 27.5 Å². The Hall–Kier alpha value is 0.137. The minimum absolute atomic E-state index is 0.208. The predicted molar refractivity (Wildman–Crippen MR) is 80.1 cm³/mol. The highest BCUT2D eigenvalue weighted by atomic mass is 28.4. The summed E-state index contributed by atoms with van der Waals surface area (Å²) >= 11 is 0. The standard InChI is InChI=1S/C14H33NOSi/c1-12(2)15-10-14(6,7)11-16-17(8,9)13(3,4)5/h12,15H,10-11H2,1-9H3. The Bertz CT molecular complexity index is 229. The summed E-state index contributed by atoms with van der Waals surface area (Å²) < 4.78 is 6.29. The fraction of sp³-hybridized carbons (Fsp3) is 1.00. The fourth-order valence-electron chi connectivity index (χ4n) is 1.12. The quantitative estimate of drug-likeness (QED) is 0.727. The first-order valence-electron chi connectivity index (χ1n) is 6.75. The van der Waals surface area contributed by atoms with E-state index in [2.05, 4.69) is 66.9 Å². The van der Waals surface area contributed by atoms with E-state index in [4.69, 9.17) is 4.43 Å². The topological polar surface area (TPSA) is 21.3 Å². The molecule has 0 bridgehead atoms. The van der Waals surface area contributed by atoms with Crippen molar-refractivity contribution >= 4 is 8.32 Å². The Morgan fingerprint density at radius 2 is 1.53 bits per heavy atom. The molecule has 0 aromatic heterocycles. The lowest BCUT2D eigenvalue weighted by Gasteiger charge is -2.39. The van der Waals surface area contributed by atoms with Crippen LogP contribution in [0, 0.1) is 5.41 Å². The van der Waals surface area contributed by atoms with Crippen molar-refractivity contribution in [3.05, 3.63) is 0 Å². The van der Waals surface area contributed by atoms with Gasteiger partial charge in [0.15, 0.2) is 8.32 Å². The summed E-state index contributed by atoms with van der Waals surface area (Å²) in [4.78, 5) is 0. The maximum absolute atomic E-state index is 6.29. The Morgan fingerprint density at radius 3 is 1.88 bits per heavy atom. The molecule has 0 aromatic rings. The predicted octanol–water partition coefficient (Wildman–Crippen LogP) is 4.03. The van der Waals surface area contributed by atoms with Crippen LogP contribution in [0.25, 0.3) is 0 Å². The van der Waals surface area contributed by atoms with Crippen LogP contribution < -0.4 is 5.32 Å². The number of nitrogens with one attached hydrogen (secondary N) is 1.